The van der Waals surface area contributed by atoms with Crippen LogP contribution in [0.2, 0.25) is 0 Å². The molecule has 0 spiro atoms. The number of rotatable bonds is 4. The van der Waals surface area contributed by atoms with Crippen LogP contribution in [-0.2, 0) is 21.7 Å². The minimum atomic E-state index is -0.202. The van der Waals surface area contributed by atoms with Crippen LogP contribution < -0.4 is 26.2 Å². The molecule has 7 aromatic carbocycles. The number of aromatic nitrogens is 1. The summed E-state index contributed by atoms with van der Waals surface area (Å²) in [6.07, 6.45) is 5.90. The molecule has 0 amide bonds. The summed E-state index contributed by atoms with van der Waals surface area (Å²) in [6.45, 7) is 37.9. The van der Waals surface area contributed by atoms with E-state index in [0.717, 1.165) is 34.0 Å². The average molecular weight is 996 g/mol. The normalized spacial score (nSPS) is 16.7. The summed E-state index contributed by atoms with van der Waals surface area (Å²) >= 11 is 0. The molecule has 2 aromatic heterocycles. The predicted molar refractivity (Wildman–Crippen MR) is 327 cm³/mol. The van der Waals surface area contributed by atoms with E-state index in [4.69, 9.17) is 4.42 Å². The summed E-state index contributed by atoms with van der Waals surface area (Å²) in [5, 5.41) is 3.63. The molecule has 5 heteroatoms. The quantitative estimate of drug-likeness (QED) is 0.164. The number of fused-ring (bicyclic) bond motifs is 12. The SMILES string of the molecule is CC1=CC(C(C)(C)C)=CCC1N(c1ccc2c(c1)N(c1cccc3oc4ccccc4c13)c1cc(C(C)(C)C)cc3c1B2c1cc(C(C)(C)C)cc2c4c(n-3c12)-c1ccccc1C4(C)C)c1ccc(C(C)(C)C)cc1C. The van der Waals surface area contributed by atoms with Gasteiger partial charge >= 0.3 is 0 Å². The van der Waals surface area contributed by atoms with Crippen LogP contribution in [0.25, 0.3) is 49.8 Å². The molecule has 76 heavy (non-hydrogen) atoms. The maximum atomic E-state index is 6.78. The topological polar surface area (TPSA) is 24.6 Å². The highest BCUT2D eigenvalue weighted by Crippen LogP contribution is 2.56. The Morgan fingerprint density at radius 1 is 0.592 bits per heavy atom. The molecule has 13 rings (SSSR count). The predicted octanol–water partition coefficient (Wildman–Crippen LogP) is 17.5. The lowest BCUT2D eigenvalue weighted by molar-refractivity contribution is 0.507. The van der Waals surface area contributed by atoms with Crippen molar-refractivity contribution in [3.05, 3.63) is 184 Å². The van der Waals surface area contributed by atoms with Crippen molar-refractivity contribution in [3.63, 3.8) is 0 Å². The van der Waals surface area contributed by atoms with Crippen molar-refractivity contribution in [3.8, 4) is 16.9 Å². The van der Waals surface area contributed by atoms with E-state index < -0.39 is 0 Å². The van der Waals surface area contributed by atoms with Gasteiger partial charge in [-0.1, -0.05) is 187 Å². The van der Waals surface area contributed by atoms with Crippen LogP contribution in [-0.4, -0.2) is 17.3 Å². The van der Waals surface area contributed by atoms with Crippen molar-refractivity contribution in [1.29, 1.82) is 0 Å². The Labute approximate surface area is 452 Å². The fourth-order valence-corrected chi connectivity index (χ4v) is 13.8. The first kappa shape index (κ1) is 48.7. The lowest BCUT2D eigenvalue weighted by Gasteiger charge is -2.43. The Balaban J connectivity index is 1.17. The first-order valence-corrected chi connectivity index (χ1v) is 28.0. The first-order valence-electron chi connectivity index (χ1n) is 28.0. The highest BCUT2D eigenvalue weighted by molar-refractivity contribution is 7.00. The summed E-state index contributed by atoms with van der Waals surface area (Å²) in [5.74, 6) is 0. The molecule has 382 valence electrons. The second-order valence-corrected chi connectivity index (χ2v) is 27.6. The van der Waals surface area contributed by atoms with E-state index in [9.17, 15) is 0 Å². The number of hydrogen-bond acceptors (Lipinski definition) is 3. The van der Waals surface area contributed by atoms with Gasteiger partial charge < -0.3 is 18.8 Å². The van der Waals surface area contributed by atoms with E-state index in [1.165, 1.54) is 112 Å². The maximum absolute atomic E-state index is 6.78. The number of allylic oxidation sites excluding steroid dienone is 2. The standard InChI is InChI=1S/C71H74BN3O/c1-41-34-43(67(3,4)5)28-32-54(41)73(55-33-29-44(35-42(55)2)68(6,7)8)47-30-31-52-57(40-47)74(56-25-21-27-61-62(56)49-23-18-20-26-60(49)76-61)58-38-46(70(12,13)14)39-59-64(58)72(52)53-37-45(69(9,10)11)36-50-63-66(75(59)65(50)53)48-22-17-19-24-51(48)71(63,15)16/h17-32,34-40,55H,33H2,1-16H3. The van der Waals surface area contributed by atoms with Crippen LogP contribution in [0.4, 0.5) is 28.4 Å². The zero-order valence-corrected chi connectivity index (χ0v) is 47.9. The van der Waals surface area contributed by atoms with Crippen molar-refractivity contribution < 1.29 is 4.42 Å². The van der Waals surface area contributed by atoms with Crippen molar-refractivity contribution in [2.75, 3.05) is 9.80 Å². The van der Waals surface area contributed by atoms with Gasteiger partial charge in [-0.2, -0.15) is 0 Å². The van der Waals surface area contributed by atoms with Gasteiger partial charge in [0.2, 0.25) is 0 Å². The third-order valence-electron chi connectivity index (χ3n) is 18.0. The molecule has 0 radical (unpaired) electrons. The molecule has 4 heterocycles. The van der Waals surface area contributed by atoms with Crippen LogP contribution in [0.5, 0.6) is 0 Å². The van der Waals surface area contributed by atoms with Crippen molar-refractivity contribution in [2.24, 2.45) is 5.41 Å². The molecule has 0 fully saturated rings. The second kappa shape index (κ2) is 16.0. The number of aryl methyl sites for hydroxylation is 1. The highest BCUT2D eigenvalue weighted by atomic mass is 16.3. The van der Waals surface area contributed by atoms with Gasteiger partial charge in [0.1, 0.15) is 11.2 Å². The molecule has 0 N–H and O–H groups in total. The van der Waals surface area contributed by atoms with Gasteiger partial charge in [0, 0.05) is 55.7 Å². The van der Waals surface area contributed by atoms with E-state index in [-0.39, 0.29) is 39.8 Å². The van der Waals surface area contributed by atoms with E-state index in [1.807, 2.05) is 0 Å². The molecule has 4 nitrogen and oxygen atoms in total. The molecule has 2 aliphatic heterocycles. The van der Waals surface area contributed by atoms with Gasteiger partial charge in [0.05, 0.1) is 22.8 Å². The molecule has 1 atom stereocenters. The monoisotopic (exact) mass is 996 g/mol. The van der Waals surface area contributed by atoms with Crippen LogP contribution in [0.1, 0.15) is 144 Å². The lowest BCUT2D eigenvalue weighted by Crippen LogP contribution is -2.60. The molecule has 0 bridgehead atoms. The number of nitrogens with zero attached hydrogens (tertiary/aromatic N) is 3. The summed E-state index contributed by atoms with van der Waals surface area (Å²) < 4.78 is 9.50. The molecule has 2 aliphatic carbocycles. The molecular weight excluding hydrogens is 922 g/mol. The van der Waals surface area contributed by atoms with Gasteiger partial charge in [-0.3, -0.25) is 0 Å². The number of benzene rings is 7. The van der Waals surface area contributed by atoms with Crippen LogP contribution in [0.15, 0.2) is 155 Å². The fourth-order valence-electron chi connectivity index (χ4n) is 13.8. The Kier molecular flexibility index (Phi) is 10.3. The zero-order chi connectivity index (χ0) is 53.5. The van der Waals surface area contributed by atoms with Crippen LogP contribution >= 0.6 is 0 Å². The van der Waals surface area contributed by atoms with Crippen LogP contribution in [0, 0.1) is 12.3 Å². The average Bonchev–Trinajstić information content (AvgIpc) is 4.11. The first-order chi connectivity index (χ1) is 35.8. The zero-order valence-electron chi connectivity index (χ0n) is 47.9. The third-order valence-corrected chi connectivity index (χ3v) is 18.0. The summed E-state index contributed by atoms with van der Waals surface area (Å²) in [6, 6.07) is 49.7. The van der Waals surface area contributed by atoms with Gasteiger partial charge in [0.15, 0.2) is 0 Å². The maximum Gasteiger partial charge on any atom is 0.252 e. The minimum absolute atomic E-state index is 0.0245. The Bertz CT molecular complexity index is 4030. The Hall–Kier alpha value is -6.98. The van der Waals surface area contributed by atoms with E-state index in [2.05, 4.69) is 265 Å². The molecule has 0 saturated carbocycles. The summed E-state index contributed by atoms with van der Waals surface area (Å²) in [4.78, 5) is 5.33. The summed E-state index contributed by atoms with van der Waals surface area (Å²) in [7, 11) is 0. The van der Waals surface area contributed by atoms with E-state index in [1.54, 1.807) is 0 Å². The van der Waals surface area contributed by atoms with Gasteiger partial charge in [-0.15, -0.1) is 0 Å². The van der Waals surface area contributed by atoms with Gasteiger partial charge in [0.25, 0.3) is 6.71 Å². The van der Waals surface area contributed by atoms with Crippen molar-refractivity contribution >= 4 is 84.4 Å². The number of para-hydroxylation sites is 1. The minimum Gasteiger partial charge on any atom is -0.456 e. The lowest BCUT2D eigenvalue weighted by atomic mass is 9.33. The fraction of sp³-hybridized carbons (Fsp3) is 0.324. The van der Waals surface area contributed by atoms with Crippen molar-refractivity contribution in [2.45, 2.75) is 145 Å². The third kappa shape index (κ3) is 7.02. The molecule has 1 unspecified atom stereocenters. The number of hydrogen-bond donors (Lipinski definition) is 0. The molecule has 9 aromatic rings. The molecule has 4 aliphatic rings. The number of anilines is 5. The summed E-state index contributed by atoms with van der Waals surface area (Å²) in [5.41, 5.74) is 27.7. The molecule has 0 saturated heterocycles. The van der Waals surface area contributed by atoms with Crippen molar-refractivity contribution in [1.82, 2.24) is 4.57 Å². The number of furan rings is 1. The van der Waals surface area contributed by atoms with Crippen LogP contribution in [0.3, 0.4) is 0 Å². The van der Waals surface area contributed by atoms with Gasteiger partial charge in [-0.25, -0.2) is 0 Å². The highest BCUT2D eigenvalue weighted by Gasteiger charge is 2.48. The van der Waals surface area contributed by atoms with Gasteiger partial charge in [-0.05, 0) is 152 Å². The van der Waals surface area contributed by atoms with E-state index in [0.29, 0.717) is 0 Å². The van der Waals surface area contributed by atoms with E-state index >= 15 is 0 Å². The Morgan fingerprint density at radius 3 is 1.99 bits per heavy atom. The Morgan fingerprint density at radius 2 is 1.28 bits per heavy atom. The second-order valence-electron chi connectivity index (χ2n) is 27.6. The smallest absolute Gasteiger partial charge is 0.252 e. The molecular formula is C71H74BN3O. The largest absolute Gasteiger partial charge is 0.456 e.